The van der Waals surface area contributed by atoms with Crippen LogP contribution < -0.4 is 10.1 Å². The van der Waals surface area contributed by atoms with E-state index in [1.165, 1.54) is 0 Å². The molecule has 164 valence electrons. The number of halogens is 1. The molecule has 1 amide bonds. The molecule has 1 aromatic rings. The second kappa shape index (κ2) is 12.7. The number of likely N-dealkylation sites (N-methyl/N-ethyl adjacent to an activating group) is 1. The van der Waals surface area contributed by atoms with Gasteiger partial charge in [0.25, 0.3) is 0 Å². The zero-order valence-electron chi connectivity index (χ0n) is 18.1. The minimum absolute atomic E-state index is 0. The van der Waals surface area contributed by atoms with Crippen molar-refractivity contribution >= 4 is 36.0 Å². The highest BCUT2D eigenvalue weighted by Gasteiger charge is 2.25. The van der Waals surface area contributed by atoms with Gasteiger partial charge in [0.2, 0.25) is 0 Å². The monoisotopic (exact) mass is 519 g/mol. The molecule has 0 radical (unpaired) electrons. The Hall–Kier alpha value is -1.75. The Balaban J connectivity index is 0.00000420. The molecule has 1 N–H and O–H groups in total. The normalized spacial score (nSPS) is 15.6. The van der Waals surface area contributed by atoms with Crippen LogP contribution in [0.4, 0.5) is 4.79 Å². The van der Waals surface area contributed by atoms with Crippen molar-refractivity contribution in [3.05, 3.63) is 29.8 Å². The van der Waals surface area contributed by atoms with Gasteiger partial charge in [-0.1, -0.05) is 18.2 Å². The Morgan fingerprint density at radius 3 is 2.38 bits per heavy atom. The lowest BCUT2D eigenvalue weighted by molar-refractivity contribution is 0.0914. The predicted molar refractivity (Wildman–Crippen MR) is 126 cm³/mol. The SMILES string of the molecule is CCOC(=O)N1CCN(C(=NC)NCC(c2ccccc2OC)N(C)C)CC1.I. The molecule has 0 aromatic heterocycles. The molecule has 1 heterocycles. The molecule has 1 unspecified atom stereocenters. The summed E-state index contributed by atoms with van der Waals surface area (Å²) in [6.45, 7) is 5.62. The lowest BCUT2D eigenvalue weighted by atomic mass is 10.0. The van der Waals surface area contributed by atoms with E-state index in [2.05, 4.69) is 40.3 Å². The van der Waals surface area contributed by atoms with Crippen LogP contribution in [0, 0.1) is 0 Å². The quantitative estimate of drug-likeness (QED) is 0.354. The van der Waals surface area contributed by atoms with Gasteiger partial charge in [-0.25, -0.2) is 4.79 Å². The summed E-state index contributed by atoms with van der Waals surface area (Å²) in [5, 5.41) is 3.48. The van der Waals surface area contributed by atoms with Gasteiger partial charge in [0.15, 0.2) is 5.96 Å². The molecule has 0 saturated carbocycles. The number of nitrogens with one attached hydrogen (secondary N) is 1. The minimum Gasteiger partial charge on any atom is -0.496 e. The number of nitrogens with zero attached hydrogens (tertiary/aromatic N) is 4. The lowest BCUT2D eigenvalue weighted by Crippen LogP contribution is -2.54. The molecule has 0 aliphatic carbocycles. The van der Waals surface area contributed by atoms with Gasteiger partial charge >= 0.3 is 6.09 Å². The van der Waals surface area contributed by atoms with E-state index < -0.39 is 0 Å². The topological polar surface area (TPSA) is 69.6 Å². The highest BCUT2D eigenvalue weighted by atomic mass is 127. The molecular formula is C20H34IN5O3. The third-order valence-corrected chi connectivity index (χ3v) is 4.89. The van der Waals surface area contributed by atoms with Gasteiger partial charge in [0.1, 0.15) is 5.75 Å². The number of methoxy groups -OCH3 is 1. The summed E-state index contributed by atoms with van der Waals surface area (Å²) in [5.41, 5.74) is 1.13. The van der Waals surface area contributed by atoms with Gasteiger partial charge in [0.05, 0.1) is 19.8 Å². The number of hydrogen-bond donors (Lipinski definition) is 1. The van der Waals surface area contributed by atoms with E-state index in [-0.39, 0.29) is 36.1 Å². The number of guanidine groups is 1. The number of benzene rings is 1. The first-order chi connectivity index (χ1) is 13.5. The predicted octanol–water partition coefficient (Wildman–Crippen LogP) is 2.27. The number of piperazine rings is 1. The summed E-state index contributed by atoms with van der Waals surface area (Å²) in [4.78, 5) is 22.4. The fraction of sp³-hybridized carbons (Fsp3) is 0.600. The zero-order chi connectivity index (χ0) is 20.5. The molecular weight excluding hydrogens is 485 g/mol. The van der Waals surface area contributed by atoms with E-state index in [1.54, 1.807) is 19.1 Å². The van der Waals surface area contributed by atoms with Gasteiger partial charge < -0.3 is 29.5 Å². The number of ether oxygens (including phenoxy) is 2. The van der Waals surface area contributed by atoms with Crippen LogP contribution in [-0.4, -0.2) is 94.3 Å². The summed E-state index contributed by atoms with van der Waals surface area (Å²) >= 11 is 0. The molecule has 0 bridgehead atoms. The second-order valence-electron chi connectivity index (χ2n) is 6.82. The van der Waals surface area contributed by atoms with Crippen LogP contribution in [0.2, 0.25) is 0 Å². The molecule has 29 heavy (non-hydrogen) atoms. The average molecular weight is 519 g/mol. The summed E-state index contributed by atoms with van der Waals surface area (Å²) in [5.74, 6) is 1.71. The van der Waals surface area contributed by atoms with E-state index >= 15 is 0 Å². The van der Waals surface area contributed by atoms with Crippen LogP contribution in [0.1, 0.15) is 18.5 Å². The summed E-state index contributed by atoms with van der Waals surface area (Å²) < 4.78 is 10.6. The first kappa shape index (κ1) is 25.3. The molecule has 1 aromatic carbocycles. The van der Waals surface area contributed by atoms with Crippen molar-refractivity contribution in [2.75, 3.05) is 67.6 Å². The maximum atomic E-state index is 11.9. The fourth-order valence-corrected chi connectivity index (χ4v) is 3.35. The number of hydrogen-bond acceptors (Lipinski definition) is 5. The van der Waals surface area contributed by atoms with Crippen LogP contribution >= 0.6 is 24.0 Å². The van der Waals surface area contributed by atoms with Crippen molar-refractivity contribution in [3.63, 3.8) is 0 Å². The van der Waals surface area contributed by atoms with Crippen molar-refractivity contribution in [2.45, 2.75) is 13.0 Å². The Morgan fingerprint density at radius 1 is 1.21 bits per heavy atom. The maximum Gasteiger partial charge on any atom is 0.409 e. The van der Waals surface area contributed by atoms with Crippen molar-refractivity contribution in [2.24, 2.45) is 4.99 Å². The summed E-state index contributed by atoms with van der Waals surface area (Å²) in [6.07, 6.45) is -0.242. The molecule has 9 heteroatoms. The third-order valence-electron chi connectivity index (χ3n) is 4.89. The largest absolute Gasteiger partial charge is 0.496 e. The van der Waals surface area contributed by atoms with E-state index in [0.29, 0.717) is 26.2 Å². The first-order valence-electron chi connectivity index (χ1n) is 9.68. The average Bonchev–Trinajstić information content (AvgIpc) is 2.71. The molecule has 8 nitrogen and oxygen atoms in total. The molecule has 1 aliphatic rings. The molecule has 1 atom stereocenters. The van der Waals surface area contributed by atoms with Crippen LogP contribution in [0.25, 0.3) is 0 Å². The van der Waals surface area contributed by atoms with Crippen LogP contribution in [0.3, 0.4) is 0 Å². The number of rotatable bonds is 6. The second-order valence-corrected chi connectivity index (χ2v) is 6.82. The van der Waals surface area contributed by atoms with Gasteiger partial charge in [-0.15, -0.1) is 24.0 Å². The molecule has 1 saturated heterocycles. The van der Waals surface area contributed by atoms with E-state index in [1.807, 2.05) is 25.1 Å². The highest BCUT2D eigenvalue weighted by Crippen LogP contribution is 2.27. The van der Waals surface area contributed by atoms with Gasteiger partial charge in [-0.3, -0.25) is 4.99 Å². The van der Waals surface area contributed by atoms with Crippen molar-refractivity contribution in [1.29, 1.82) is 0 Å². The lowest BCUT2D eigenvalue weighted by Gasteiger charge is -2.36. The Kier molecular flexibility index (Phi) is 11.1. The summed E-state index contributed by atoms with van der Waals surface area (Å²) in [7, 11) is 7.59. The number of aliphatic imine (C=N–C) groups is 1. The van der Waals surface area contributed by atoms with E-state index in [4.69, 9.17) is 9.47 Å². The standard InChI is InChI=1S/C20H33N5O3.HI/c1-6-28-20(26)25-13-11-24(12-14-25)19(21-2)22-15-17(23(3)4)16-9-7-8-10-18(16)27-5;/h7-10,17H,6,11-15H2,1-5H3,(H,21,22);1H. The molecule has 1 fully saturated rings. The van der Waals surface area contributed by atoms with Crippen LogP contribution in [-0.2, 0) is 4.74 Å². The van der Waals surface area contributed by atoms with Crippen molar-refractivity contribution in [3.8, 4) is 5.75 Å². The highest BCUT2D eigenvalue weighted by molar-refractivity contribution is 14.0. The van der Waals surface area contributed by atoms with Gasteiger partial charge in [-0.05, 0) is 27.1 Å². The Bertz CT molecular complexity index is 663. The number of carbonyl (C=O) groups excluding carboxylic acids is 1. The van der Waals surface area contributed by atoms with Crippen LogP contribution in [0.15, 0.2) is 29.3 Å². The number of amides is 1. The third kappa shape index (κ3) is 6.91. The van der Waals surface area contributed by atoms with Crippen molar-refractivity contribution in [1.82, 2.24) is 20.0 Å². The zero-order valence-corrected chi connectivity index (χ0v) is 20.4. The van der Waals surface area contributed by atoms with E-state index in [0.717, 1.165) is 30.4 Å². The number of para-hydroxylation sites is 1. The van der Waals surface area contributed by atoms with Gasteiger partial charge in [0, 0.05) is 45.3 Å². The van der Waals surface area contributed by atoms with Gasteiger partial charge in [-0.2, -0.15) is 0 Å². The molecule has 0 spiro atoms. The first-order valence-corrected chi connectivity index (χ1v) is 9.68. The summed E-state index contributed by atoms with van der Waals surface area (Å²) in [6, 6.07) is 8.21. The molecule has 2 rings (SSSR count). The Morgan fingerprint density at radius 2 is 1.83 bits per heavy atom. The smallest absolute Gasteiger partial charge is 0.409 e. The van der Waals surface area contributed by atoms with Crippen LogP contribution in [0.5, 0.6) is 5.75 Å². The maximum absolute atomic E-state index is 11.9. The Labute approximate surface area is 191 Å². The fourth-order valence-electron chi connectivity index (χ4n) is 3.35. The van der Waals surface area contributed by atoms with Crippen molar-refractivity contribution < 1.29 is 14.3 Å². The number of carbonyl (C=O) groups is 1. The van der Waals surface area contributed by atoms with E-state index in [9.17, 15) is 4.79 Å². The minimum atomic E-state index is -0.242. The molecule has 1 aliphatic heterocycles.